The highest BCUT2D eigenvalue weighted by molar-refractivity contribution is 6.45. The second-order valence-corrected chi connectivity index (χ2v) is 7.38. The topological polar surface area (TPSA) is 88.2 Å². The van der Waals surface area contributed by atoms with Gasteiger partial charge in [0.05, 0.1) is 24.5 Å². The Hall–Kier alpha value is -3.56. The molecule has 0 unspecified atom stereocenters. The highest BCUT2D eigenvalue weighted by Crippen LogP contribution is 2.35. The third-order valence-electron chi connectivity index (χ3n) is 5.09. The third-order valence-corrected chi connectivity index (χ3v) is 5.09. The van der Waals surface area contributed by atoms with E-state index in [2.05, 4.69) is 5.32 Å². The van der Waals surface area contributed by atoms with Gasteiger partial charge in [0.1, 0.15) is 11.5 Å². The van der Waals surface area contributed by atoms with Crippen LogP contribution in [0.1, 0.15) is 12.5 Å². The maximum Gasteiger partial charge on any atom is 0.282 e. The van der Waals surface area contributed by atoms with E-state index in [1.807, 2.05) is 0 Å². The van der Waals surface area contributed by atoms with Gasteiger partial charge in [-0.2, -0.15) is 0 Å². The molecule has 0 bridgehead atoms. The van der Waals surface area contributed by atoms with Gasteiger partial charge in [-0.15, -0.1) is 0 Å². The number of methoxy groups -OCH3 is 2. The minimum Gasteiger partial charge on any atom is -0.383 e. The van der Waals surface area contributed by atoms with Crippen LogP contribution in [-0.2, 0) is 23.9 Å². The average molecular weight is 455 g/mol. The number of benzene rings is 2. The number of hydrogen-bond donors (Lipinski definition) is 1. The first-order valence-corrected chi connectivity index (χ1v) is 10.4. The molecule has 0 fully saturated rings. The lowest BCUT2D eigenvalue weighted by atomic mass is 10.0. The van der Waals surface area contributed by atoms with Crippen LogP contribution >= 0.6 is 0 Å². The lowest BCUT2D eigenvalue weighted by molar-refractivity contribution is -0.121. The number of ether oxygens (including phenoxy) is 2. The number of hydrogen-bond acceptors (Lipinski definition) is 6. The summed E-state index contributed by atoms with van der Waals surface area (Å²) in [7, 11) is 3.10. The van der Waals surface area contributed by atoms with E-state index in [4.69, 9.17) is 9.47 Å². The molecule has 1 aliphatic rings. The van der Waals surface area contributed by atoms with Crippen molar-refractivity contribution >= 4 is 34.7 Å². The van der Waals surface area contributed by atoms with E-state index in [1.54, 1.807) is 43.4 Å². The third kappa shape index (κ3) is 5.44. The van der Waals surface area contributed by atoms with Crippen molar-refractivity contribution in [3.05, 3.63) is 65.6 Å². The van der Waals surface area contributed by atoms with Crippen molar-refractivity contribution < 1.29 is 28.2 Å². The van der Waals surface area contributed by atoms with Gasteiger partial charge >= 0.3 is 0 Å². The number of nitrogens with zero attached hydrogens (tertiary/aromatic N) is 2. The molecule has 1 N–H and O–H groups in total. The first-order valence-electron chi connectivity index (χ1n) is 10.4. The van der Waals surface area contributed by atoms with E-state index in [0.717, 1.165) is 4.90 Å². The van der Waals surface area contributed by atoms with Crippen LogP contribution in [0.5, 0.6) is 0 Å². The van der Waals surface area contributed by atoms with Gasteiger partial charge in [0.2, 0.25) is 5.91 Å². The summed E-state index contributed by atoms with van der Waals surface area (Å²) in [6.07, 6.45) is 0. The zero-order valence-corrected chi connectivity index (χ0v) is 18.8. The Balaban J connectivity index is 2.06. The van der Waals surface area contributed by atoms with Crippen LogP contribution in [0, 0.1) is 5.82 Å². The van der Waals surface area contributed by atoms with Crippen LogP contribution in [0.3, 0.4) is 0 Å². The highest BCUT2D eigenvalue weighted by atomic mass is 19.1. The van der Waals surface area contributed by atoms with Crippen LogP contribution in [0.4, 0.5) is 15.8 Å². The van der Waals surface area contributed by atoms with Crippen molar-refractivity contribution in [2.24, 2.45) is 0 Å². The van der Waals surface area contributed by atoms with Gasteiger partial charge in [-0.1, -0.05) is 12.1 Å². The van der Waals surface area contributed by atoms with Crippen LogP contribution < -0.4 is 10.2 Å². The minimum atomic E-state index is -0.520. The number of carbonyl (C=O) groups is 3. The summed E-state index contributed by atoms with van der Waals surface area (Å²) >= 11 is 0. The summed E-state index contributed by atoms with van der Waals surface area (Å²) in [5, 5.41) is 2.65. The normalized spacial score (nSPS) is 13.6. The largest absolute Gasteiger partial charge is 0.383 e. The summed E-state index contributed by atoms with van der Waals surface area (Å²) in [6, 6.07) is 11.8. The Kier molecular flexibility index (Phi) is 7.92. The lowest BCUT2D eigenvalue weighted by Crippen LogP contribution is -2.37. The van der Waals surface area contributed by atoms with Crippen molar-refractivity contribution in [3.8, 4) is 0 Å². The number of nitrogens with one attached hydrogen (secondary N) is 1. The maximum atomic E-state index is 13.6. The van der Waals surface area contributed by atoms with Crippen molar-refractivity contribution in [2.45, 2.75) is 6.92 Å². The number of halogens is 1. The molecule has 2 aromatic rings. The number of carbonyl (C=O) groups excluding carboxylic acids is 3. The van der Waals surface area contributed by atoms with Gasteiger partial charge in [0, 0.05) is 39.9 Å². The van der Waals surface area contributed by atoms with Crippen LogP contribution in [0.15, 0.2) is 54.2 Å². The fourth-order valence-corrected chi connectivity index (χ4v) is 3.56. The number of amides is 3. The van der Waals surface area contributed by atoms with E-state index >= 15 is 0 Å². The Morgan fingerprint density at radius 1 is 0.939 bits per heavy atom. The average Bonchev–Trinajstić information content (AvgIpc) is 3.05. The predicted octanol–water partition coefficient (Wildman–Crippen LogP) is 2.66. The van der Waals surface area contributed by atoms with Crippen molar-refractivity contribution in [2.75, 3.05) is 50.7 Å². The Labute approximate surface area is 191 Å². The zero-order valence-electron chi connectivity index (χ0n) is 18.8. The van der Waals surface area contributed by atoms with Crippen molar-refractivity contribution in [3.63, 3.8) is 0 Å². The van der Waals surface area contributed by atoms with Gasteiger partial charge < -0.3 is 19.7 Å². The molecule has 0 radical (unpaired) electrons. The number of anilines is 2. The molecule has 9 heteroatoms. The summed E-state index contributed by atoms with van der Waals surface area (Å²) in [6.45, 7) is 2.76. The molecular weight excluding hydrogens is 429 g/mol. The molecule has 0 aliphatic carbocycles. The van der Waals surface area contributed by atoms with Crippen molar-refractivity contribution in [1.82, 2.24) is 4.90 Å². The molecule has 0 spiro atoms. The van der Waals surface area contributed by atoms with E-state index in [0.29, 0.717) is 43.2 Å². The molecule has 1 aliphatic heterocycles. The van der Waals surface area contributed by atoms with Crippen LogP contribution in [-0.4, -0.2) is 63.1 Å². The van der Waals surface area contributed by atoms with E-state index in [-0.39, 0.29) is 17.2 Å². The molecule has 0 saturated carbocycles. The van der Waals surface area contributed by atoms with Gasteiger partial charge in [0.25, 0.3) is 11.8 Å². The minimum absolute atomic E-state index is 0.179. The van der Waals surface area contributed by atoms with E-state index in [9.17, 15) is 18.8 Å². The number of imide groups is 1. The van der Waals surface area contributed by atoms with Crippen LogP contribution in [0.25, 0.3) is 5.57 Å². The molecule has 8 nitrogen and oxygen atoms in total. The van der Waals surface area contributed by atoms with Gasteiger partial charge in [-0.25, -0.2) is 9.29 Å². The molecule has 3 rings (SSSR count). The summed E-state index contributed by atoms with van der Waals surface area (Å²) < 4.78 is 23.9. The molecule has 174 valence electrons. The second-order valence-electron chi connectivity index (χ2n) is 7.38. The fourth-order valence-electron chi connectivity index (χ4n) is 3.56. The summed E-state index contributed by atoms with van der Waals surface area (Å²) in [4.78, 5) is 41.2. The Morgan fingerprint density at radius 2 is 1.52 bits per heavy atom. The first kappa shape index (κ1) is 24.1. The predicted molar refractivity (Wildman–Crippen MR) is 122 cm³/mol. The van der Waals surface area contributed by atoms with Gasteiger partial charge in [-0.05, 0) is 42.0 Å². The van der Waals surface area contributed by atoms with E-state index in [1.165, 1.54) is 31.2 Å². The smallest absolute Gasteiger partial charge is 0.282 e. The summed E-state index contributed by atoms with van der Waals surface area (Å²) in [5.41, 5.74) is 1.71. The molecule has 3 amide bonds. The molecule has 0 saturated heterocycles. The molecule has 2 aromatic carbocycles. The maximum absolute atomic E-state index is 13.6. The van der Waals surface area contributed by atoms with Crippen molar-refractivity contribution in [1.29, 1.82) is 0 Å². The SMILES string of the molecule is COCCN(CCOC)C1=C(c2ccc(F)cc2)C(=O)N(c2ccc(NC(C)=O)cc2)C1=O. The molecule has 1 heterocycles. The monoisotopic (exact) mass is 455 g/mol. The number of rotatable bonds is 10. The Bertz CT molecular complexity index is 1040. The van der Waals surface area contributed by atoms with Gasteiger partial charge in [0.15, 0.2) is 0 Å². The lowest BCUT2D eigenvalue weighted by Gasteiger charge is -2.25. The molecular formula is C24H26FN3O5. The first-order chi connectivity index (χ1) is 15.9. The summed E-state index contributed by atoms with van der Waals surface area (Å²) in [5.74, 6) is -1.70. The van der Waals surface area contributed by atoms with Gasteiger partial charge in [-0.3, -0.25) is 14.4 Å². The fraction of sp³-hybridized carbons (Fsp3) is 0.292. The molecule has 33 heavy (non-hydrogen) atoms. The second kappa shape index (κ2) is 10.8. The highest BCUT2D eigenvalue weighted by Gasteiger charge is 2.42. The molecule has 0 aromatic heterocycles. The molecule has 0 atom stereocenters. The zero-order chi connectivity index (χ0) is 24.0. The standard InChI is InChI=1S/C24H26FN3O5/c1-16(29)26-19-8-10-20(11-9-19)28-23(30)21(17-4-6-18(25)7-5-17)22(24(28)31)27(12-14-32-2)13-15-33-3/h4-11H,12-15H2,1-3H3,(H,26,29). The van der Waals surface area contributed by atoms with Crippen LogP contribution in [0.2, 0.25) is 0 Å². The Morgan fingerprint density at radius 3 is 2.03 bits per heavy atom. The van der Waals surface area contributed by atoms with E-state index < -0.39 is 17.6 Å². The quantitative estimate of drug-likeness (QED) is 0.555.